The normalized spacial score (nSPS) is 12.4. The minimum atomic E-state index is -6.07. The molecule has 0 saturated carbocycles. The van der Waals surface area contributed by atoms with Gasteiger partial charge < -0.3 is 47.2 Å². The van der Waals surface area contributed by atoms with Crippen molar-refractivity contribution in [1.82, 2.24) is 16.0 Å². The molecule has 0 bridgehead atoms. The van der Waals surface area contributed by atoms with Crippen molar-refractivity contribution in [2.75, 3.05) is 6.54 Å². The van der Waals surface area contributed by atoms with Crippen molar-refractivity contribution in [3.05, 3.63) is 58.6 Å². The highest BCUT2D eigenvalue weighted by molar-refractivity contribution is 7.88. The summed E-state index contributed by atoms with van der Waals surface area (Å²) in [5.74, 6) is -2.41. The number of alkyl carbamates (subject to hydrolysis) is 1. The molecular weight excluding hydrogens is 662 g/mol. The second kappa shape index (κ2) is 16.0. The van der Waals surface area contributed by atoms with E-state index < -0.39 is 70.4 Å². The maximum Gasteiger partial charge on any atom is 0.673 e. The van der Waals surface area contributed by atoms with Crippen molar-refractivity contribution in [2.45, 2.75) is 50.9 Å². The lowest BCUT2D eigenvalue weighted by Crippen LogP contribution is -2.51. The Morgan fingerprint density at radius 1 is 1.00 bits per heavy atom. The summed E-state index contributed by atoms with van der Waals surface area (Å²) in [4.78, 5) is 40.2. The zero-order valence-electron chi connectivity index (χ0n) is 24.1. The van der Waals surface area contributed by atoms with E-state index in [2.05, 4.69) is 25.1 Å². The lowest BCUT2D eigenvalue weighted by atomic mass is 10.0. The van der Waals surface area contributed by atoms with Crippen molar-refractivity contribution >= 4 is 41.0 Å². The summed E-state index contributed by atoms with van der Waals surface area (Å²) in [6.07, 6.45) is -1.36. The average molecular weight is 689 g/mol. The molecule has 0 radical (unpaired) electrons. The van der Waals surface area contributed by atoms with Gasteiger partial charge in [0.15, 0.2) is 4.98 Å². The molecular formula is C24H27BF7N5O8S. The molecule has 0 spiro atoms. The van der Waals surface area contributed by atoms with Crippen molar-refractivity contribution in [1.29, 1.82) is 5.39 Å². The molecule has 0 aliphatic carbocycles. The van der Waals surface area contributed by atoms with Crippen LogP contribution in [0.25, 0.3) is 4.98 Å². The SMILES string of the molecule is CC(C)(C)OC(=O)N[C@H](Cc1ccc(OS(=O)(=O)C(F)(F)F)c([N+]#N)c1)C(=O)NCC(=O)NCc1cccc(O)c1.F[B-](F)(F)F. The third kappa shape index (κ3) is 15.3. The largest absolute Gasteiger partial charge is 0.673 e. The molecule has 2 aromatic carbocycles. The fraction of sp³-hybridized carbons (Fsp3) is 0.375. The number of rotatable bonds is 10. The summed E-state index contributed by atoms with van der Waals surface area (Å²) in [5, 5.41) is 25.9. The van der Waals surface area contributed by atoms with Crippen LogP contribution in [-0.4, -0.2) is 62.4 Å². The van der Waals surface area contributed by atoms with Crippen LogP contribution in [0.15, 0.2) is 42.5 Å². The van der Waals surface area contributed by atoms with Crippen LogP contribution >= 0.6 is 0 Å². The number of ether oxygens (including phenoxy) is 1. The molecule has 3 amide bonds. The molecule has 0 unspecified atom stereocenters. The molecule has 13 nitrogen and oxygen atoms in total. The van der Waals surface area contributed by atoms with Crippen LogP contribution in [-0.2, 0) is 37.4 Å². The van der Waals surface area contributed by atoms with Gasteiger partial charge in [0.2, 0.25) is 23.0 Å². The van der Waals surface area contributed by atoms with Gasteiger partial charge in [0.25, 0.3) is 0 Å². The van der Waals surface area contributed by atoms with Gasteiger partial charge in [-0.05, 0) is 50.1 Å². The Morgan fingerprint density at radius 2 is 1.61 bits per heavy atom. The lowest BCUT2D eigenvalue weighted by molar-refractivity contribution is -0.127. The third-order valence-corrected chi connectivity index (χ3v) is 5.85. The first kappa shape index (κ1) is 39.2. The number of aromatic hydroxyl groups is 1. The van der Waals surface area contributed by atoms with Crippen LogP contribution in [0.3, 0.4) is 0 Å². The zero-order valence-corrected chi connectivity index (χ0v) is 24.9. The second-order valence-corrected chi connectivity index (χ2v) is 11.5. The molecule has 0 aliphatic rings. The van der Waals surface area contributed by atoms with Gasteiger partial charge in [-0.2, -0.15) is 21.6 Å². The Labute approximate surface area is 257 Å². The highest BCUT2D eigenvalue weighted by atomic mass is 32.2. The number of nitrogens with one attached hydrogen (secondary N) is 3. The van der Waals surface area contributed by atoms with Crippen molar-refractivity contribution < 1.29 is 67.3 Å². The number of diazo groups is 1. The first-order valence-electron chi connectivity index (χ1n) is 12.6. The number of benzene rings is 2. The van der Waals surface area contributed by atoms with E-state index in [1.165, 1.54) is 12.1 Å². The number of phenolic OH excluding ortho intramolecular Hbond substituents is 1. The van der Waals surface area contributed by atoms with Gasteiger partial charge in [0.05, 0.1) is 6.54 Å². The number of carbonyl (C=O) groups excluding carboxylic acids is 3. The monoisotopic (exact) mass is 689 g/mol. The molecule has 254 valence electrons. The molecule has 0 saturated heterocycles. The summed E-state index contributed by atoms with van der Waals surface area (Å²) in [7, 11) is -12.1. The molecule has 2 rings (SSSR count). The molecule has 0 fully saturated rings. The Bertz CT molecular complexity index is 1540. The summed E-state index contributed by atoms with van der Waals surface area (Å²) in [6, 6.07) is 7.49. The van der Waals surface area contributed by atoms with E-state index in [4.69, 9.17) is 4.74 Å². The number of phenols is 1. The average Bonchev–Trinajstić information content (AvgIpc) is 2.88. The van der Waals surface area contributed by atoms with Gasteiger partial charge in [0, 0.05) is 19.0 Å². The topological polar surface area (TPSA) is 188 Å². The highest BCUT2D eigenvalue weighted by Crippen LogP contribution is 2.34. The van der Waals surface area contributed by atoms with Gasteiger partial charge in [-0.25, -0.2) is 4.79 Å². The Balaban J connectivity index is 0.00000195. The second-order valence-electron chi connectivity index (χ2n) is 9.95. The maximum absolute atomic E-state index is 12.9. The van der Waals surface area contributed by atoms with E-state index in [1.807, 2.05) is 0 Å². The van der Waals surface area contributed by atoms with E-state index in [-0.39, 0.29) is 24.3 Å². The van der Waals surface area contributed by atoms with E-state index in [1.54, 1.807) is 32.9 Å². The van der Waals surface area contributed by atoms with Gasteiger partial charge in [-0.1, -0.05) is 18.2 Å². The quantitative estimate of drug-likeness (QED) is 0.0929. The number of hydrogen-bond donors (Lipinski definition) is 4. The smallest absolute Gasteiger partial charge is 0.508 e. The van der Waals surface area contributed by atoms with Gasteiger partial charge in [0.1, 0.15) is 17.4 Å². The summed E-state index contributed by atoms with van der Waals surface area (Å²) in [6.45, 7) is 4.25. The number of hydrogen-bond acceptors (Lipinski definition) is 9. The molecule has 22 heteroatoms. The van der Waals surface area contributed by atoms with Crippen LogP contribution in [0, 0.1) is 5.39 Å². The third-order valence-electron chi connectivity index (χ3n) is 4.88. The molecule has 4 N–H and O–H groups in total. The van der Waals surface area contributed by atoms with E-state index >= 15 is 0 Å². The van der Waals surface area contributed by atoms with Crippen molar-refractivity contribution in [2.24, 2.45) is 0 Å². The number of amides is 3. The van der Waals surface area contributed by atoms with Gasteiger partial charge in [-0.3, -0.25) is 9.59 Å². The van der Waals surface area contributed by atoms with Gasteiger partial charge >= 0.3 is 34.7 Å². The first-order valence-corrected chi connectivity index (χ1v) is 14.0. The van der Waals surface area contributed by atoms with Gasteiger partial charge in [-0.15, -0.1) is 0 Å². The van der Waals surface area contributed by atoms with Crippen LogP contribution < -0.4 is 20.1 Å². The summed E-state index contributed by atoms with van der Waals surface area (Å²) in [5.41, 5.74) is -6.71. The fourth-order valence-corrected chi connectivity index (χ4v) is 3.59. The number of alkyl halides is 3. The molecule has 0 aromatic heterocycles. The van der Waals surface area contributed by atoms with Crippen LogP contribution in [0.5, 0.6) is 11.5 Å². The molecule has 2 aromatic rings. The van der Waals surface area contributed by atoms with Crippen LogP contribution in [0.4, 0.5) is 40.9 Å². The first-order chi connectivity index (χ1) is 20.9. The van der Waals surface area contributed by atoms with Crippen molar-refractivity contribution in [3.8, 4) is 11.5 Å². The Kier molecular flexibility index (Phi) is 13.6. The molecule has 0 heterocycles. The Morgan fingerprint density at radius 3 is 2.13 bits per heavy atom. The summed E-state index contributed by atoms with van der Waals surface area (Å²) < 4.78 is 109. The fourth-order valence-electron chi connectivity index (χ4n) is 3.12. The van der Waals surface area contributed by atoms with E-state index in [9.17, 15) is 63.7 Å². The van der Waals surface area contributed by atoms with Crippen LogP contribution in [0.1, 0.15) is 31.9 Å². The highest BCUT2D eigenvalue weighted by Gasteiger charge is 2.49. The van der Waals surface area contributed by atoms with Crippen molar-refractivity contribution in [3.63, 3.8) is 0 Å². The maximum atomic E-state index is 12.9. The number of halogens is 7. The lowest BCUT2D eigenvalue weighted by Gasteiger charge is -2.23. The predicted octanol–water partition coefficient (Wildman–Crippen LogP) is 4.27. The Hall–Kier alpha value is -4.81. The number of nitrogens with zero attached hydrogens (tertiary/aromatic N) is 2. The predicted molar refractivity (Wildman–Crippen MR) is 147 cm³/mol. The number of carbonyl (C=O) groups is 3. The standard InChI is InChI=1S/C24H26F3N5O8S.BF4/c1-23(2,3)39-22(36)31-18(21(35)30-13-20(34)29-12-15-5-4-6-16(33)9-15)11-14-7-8-19(17(10-14)32-28)40-41(37,38)24(25,26)27;2-1(3,4)5/h4-10,18H,11-13H2,1-3H3,(H3-,29,30,31,33,34,35,36);/q;-1/p+1/t18-;/m1./s1. The zero-order chi connectivity index (χ0) is 35.5. The minimum Gasteiger partial charge on any atom is -0.508 e. The summed E-state index contributed by atoms with van der Waals surface area (Å²) >= 11 is 0. The van der Waals surface area contributed by atoms with Crippen LogP contribution in [0.2, 0.25) is 0 Å². The molecule has 0 aliphatic heterocycles. The van der Waals surface area contributed by atoms with E-state index in [0.717, 1.165) is 18.2 Å². The molecule has 1 atom stereocenters. The van der Waals surface area contributed by atoms with E-state index in [0.29, 0.717) is 5.56 Å². The molecule has 46 heavy (non-hydrogen) atoms. The minimum absolute atomic E-state index is 0.000150.